The molecule has 3 nitrogen and oxygen atoms in total. The van der Waals surface area contributed by atoms with Crippen molar-refractivity contribution in [1.29, 1.82) is 0 Å². The van der Waals surface area contributed by atoms with E-state index >= 15 is 0 Å². The summed E-state index contributed by atoms with van der Waals surface area (Å²) in [5, 5.41) is 3.37. The van der Waals surface area contributed by atoms with E-state index in [1.54, 1.807) is 18.2 Å². The van der Waals surface area contributed by atoms with Crippen LogP contribution in [0.3, 0.4) is 0 Å². The van der Waals surface area contributed by atoms with E-state index in [-0.39, 0.29) is 6.54 Å². The van der Waals surface area contributed by atoms with Gasteiger partial charge in [-0.2, -0.15) is 13.2 Å². The van der Waals surface area contributed by atoms with Crippen LogP contribution in [-0.2, 0) is 13.1 Å². The zero-order chi connectivity index (χ0) is 13.9. The second-order valence-electron chi connectivity index (χ2n) is 5.13. The number of alkyl halides is 3. The third kappa shape index (κ3) is 5.24. The van der Waals surface area contributed by atoms with Gasteiger partial charge in [0, 0.05) is 24.7 Å². The van der Waals surface area contributed by atoms with Gasteiger partial charge < -0.3 is 9.73 Å². The largest absolute Gasteiger partial charge is 0.468 e. The topological polar surface area (TPSA) is 28.4 Å². The summed E-state index contributed by atoms with van der Waals surface area (Å²) in [6.07, 6.45) is -0.887. The first-order valence-electron chi connectivity index (χ1n) is 6.48. The van der Waals surface area contributed by atoms with Crippen LogP contribution in [0.4, 0.5) is 13.2 Å². The third-order valence-electron chi connectivity index (χ3n) is 3.19. The number of hydrogen-bond acceptors (Lipinski definition) is 3. The second-order valence-corrected chi connectivity index (χ2v) is 5.13. The molecule has 0 atom stereocenters. The average molecular weight is 276 g/mol. The summed E-state index contributed by atoms with van der Waals surface area (Å²) in [7, 11) is 1.67. The molecule has 1 heterocycles. The molecule has 0 spiro atoms. The van der Waals surface area contributed by atoms with Gasteiger partial charge in [0.1, 0.15) is 5.76 Å². The Hall–Kier alpha value is -1.01. The maximum atomic E-state index is 12.1. The van der Waals surface area contributed by atoms with Crippen LogP contribution >= 0.6 is 0 Å². The van der Waals surface area contributed by atoms with E-state index in [9.17, 15) is 13.2 Å². The van der Waals surface area contributed by atoms with Gasteiger partial charge in [-0.25, -0.2) is 0 Å². The average Bonchev–Trinajstić information content (AvgIpc) is 3.05. The van der Waals surface area contributed by atoms with Gasteiger partial charge in [-0.15, -0.1) is 0 Å². The molecule has 0 amide bonds. The predicted octanol–water partition coefficient (Wildman–Crippen LogP) is 2.92. The van der Waals surface area contributed by atoms with Crippen molar-refractivity contribution < 1.29 is 17.6 Å². The first-order chi connectivity index (χ1) is 8.94. The number of furan rings is 1. The van der Waals surface area contributed by atoms with E-state index in [4.69, 9.17) is 4.42 Å². The maximum Gasteiger partial charge on any atom is 0.390 e. The third-order valence-corrected chi connectivity index (χ3v) is 3.19. The van der Waals surface area contributed by atoms with Crippen LogP contribution in [0.1, 0.15) is 30.6 Å². The Kier molecular flexibility index (Phi) is 4.52. The molecule has 2 rings (SSSR count). The van der Waals surface area contributed by atoms with Gasteiger partial charge in [-0.1, -0.05) is 0 Å². The normalized spacial score (nSPS) is 16.3. The molecule has 0 aliphatic heterocycles. The second kappa shape index (κ2) is 5.96. The summed E-state index contributed by atoms with van der Waals surface area (Å²) in [5.74, 6) is 0.748. The number of nitrogens with zero attached hydrogens (tertiary/aromatic N) is 1. The van der Waals surface area contributed by atoms with Gasteiger partial charge in [0.25, 0.3) is 0 Å². The van der Waals surface area contributed by atoms with Gasteiger partial charge in [-0.05, 0) is 26.0 Å². The van der Waals surface area contributed by atoms with Crippen molar-refractivity contribution in [2.75, 3.05) is 13.6 Å². The van der Waals surface area contributed by atoms with Gasteiger partial charge >= 0.3 is 6.18 Å². The highest BCUT2D eigenvalue weighted by atomic mass is 19.4. The SMILES string of the molecule is CN(CCC(F)(F)F)Cc1occc1CNC1CC1. The van der Waals surface area contributed by atoms with Crippen molar-refractivity contribution in [2.45, 2.75) is 44.6 Å². The summed E-state index contributed by atoms with van der Waals surface area (Å²) in [4.78, 5) is 1.63. The molecule has 1 aliphatic carbocycles. The van der Waals surface area contributed by atoms with E-state index in [0.29, 0.717) is 12.6 Å². The maximum absolute atomic E-state index is 12.1. The standard InChI is InChI=1S/C13H19F3N2O/c1-18(6-5-13(14,15)16)9-12-10(4-7-19-12)8-17-11-2-3-11/h4,7,11,17H,2-3,5-6,8-9H2,1H3. The first-order valence-corrected chi connectivity index (χ1v) is 6.48. The van der Waals surface area contributed by atoms with Crippen LogP contribution in [0.15, 0.2) is 16.7 Å². The van der Waals surface area contributed by atoms with Crippen molar-refractivity contribution in [2.24, 2.45) is 0 Å². The van der Waals surface area contributed by atoms with Crippen molar-refractivity contribution in [3.63, 3.8) is 0 Å². The number of rotatable bonds is 7. The zero-order valence-corrected chi connectivity index (χ0v) is 11.0. The Labute approximate surface area is 110 Å². The lowest BCUT2D eigenvalue weighted by Crippen LogP contribution is -2.25. The summed E-state index contributed by atoms with van der Waals surface area (Å²) in [6, 6.07) is 2.48. The minimum absolute atomic E-state index is 0.0142. The van der Waals surface area contributed by atoms with Gasteiger partial charge in [0.05, 0.1) is 19.2 Å². The van der Waals surface area contributed by atoms with E-state index in [1.165, 1.54) is 12.8 Å². The van der Waals surface area contributed by atoms with Crippen LogP contribution in [0, 0.1) is 0 Å². The molecule has 108 valence electrons. The molecule has 0 radical (unpaired) electrons. The molecular formula is C13H19F3N2O. The Morgan fingerprint density at radius 2 is 2.16 bits per heavy atom. The summed E-state index contributed by atoms with van der Waals surface area (Å²) < 4.78 is 41.7. The number of halogens is 3. The van der Waals surface area contributed by atoms with E-state index in [1.807, 2.05) is 6.07 Å². The summed E-state index contributed by atoms with van der Waals surface area (Å²) >= 11 is 0. The van der Waals surface area contributed by atoms with E-state index in [0.717, 1.165) is 17.9 Å². The minimum Gasteiger partial charge on any atom is -0.468 e. The number of nitrogens with one attached hydrogen (secondary N) is 1. The molecule has 0 unspecified atom stereocenters. The molecule has 0 bridgehead atoms. The monoisotopic (exact) mass is 276 g/mol. The lowest BCUT2D eigenvalue weighted by atomic mass is 10.2. The smallest absolute Gasteiger partial charge is 0.390 e. The van der Waals surface area contributed by atoms with Gasteiger partial charge in [0.15, 0.2) is 0 Å². The fourth-order valence-electron chi connectivity index (χ4n) is 1.85. The van der Waals surface area contributed by atoms with Crippen LogP contribution in [-0.4, -0.2) is 30.7 Å². The minimum atomic E-state index is -4.10. The lowest BCUT2D eigenvalue weighted by molar-refractivity contribution is -0.137. The van der Waals surface area contributed by atoms with Crippen LogP contribution in [0.5, 0.6) is 0 Å². The molecule has 1 aromatic heterocycles. The highest BCUT2D eigenvalue weighted by Gasteiger charge is 2.27. The molecular weight excluding hydrogens is 257 g/mol. The molecule has 1 aliphatic rings. The number of hydrogen-bond donors (Lipinski definition) is 1. The Morgan fingerprint density at radius 3 is 2.79 bits per heavy atom. The van der Waals surface area contributed by atoms with E-state index in [2.05, 4.69) is 5.32 Å². The molecule has 0 saturated heterocycles. The molecule has 1 saturated carbocycles. The Bertz CT molecular complexity index is 399. The first kappa shape index (κ1) is 14.4. The van der Waals surface area contributed by atoms with Crippen molar-refractivity contribution in [1.82, 2.24) is 10.2 Å². The van der Waals surface area contributed by atoms with Crippen LogP contribution < -0.4 is 5.32 Å². The van der Waals surface area contributed by atoms with Crippen molar-refractivity contribution >= 4 is 0 Å². The highest BCUT2D eigenvalue weighted by Crippen LogP contribution is 2.22. The summed E-state index contributed by atoms with van der Waals surface area (Å²) in [6.45, 7) is 1.12. The molecule has 1 fully saturated rings. The Morgan fingerprint density at radius 1 is 1.42 bits per heavy atom. The predicted molar refractivity (Wildman–Crippen MR) is 65.6 cm³/mol. The van der Waals surface area contributed by atoms with E-state index < -0.39 is 12.6 Å². The van der Waals surface area contributed by atoms with Crippen LogP contribution in [0.25, 0.3) is 0 Å². The molecule has 0 aromatic carbocycles. The Balaban J connectivity index is 1.78. The summed E-state index contributed by atoms with van der Waals surface area (Å²) in [5.41, 5.74) is 1.03. The zero-order valence-electron chi connectivity index (χ0n) is 11.0. The van der Waals surface area contributed by atoms with Gasteiger partial charge in [0.2, 0.25) is 0 Å². The van der Waals surface area contributed by atoms with Crippen LogP contribution in [0.2, 0.25) is 0 Å². The molecule has 19 heavy (non-hydrogen) atoms. The fraction of sp³-hybridized carbons (Fsp3) is 0.692. The molecule has 6 heteroatoms. The fourth-order valence-corrected chi connectivity index (χ4v) is 1.85. The highest BCUT2D eigenvalue weighted by molar-refractivity contribution is 5.17. The van der Waals surface area contributed by atoms with Crippen molar-refractivity contribution in [3.05, 3.63) is 23.7 Å². The molecule has 1 aromatic rings. The van der Waals surface area contributed by atoms with Crippen molar-refractivity contribution in [3.8, 4) is 0 Å². The van der Waals surface area contributed by atoms with Gasteiger partial charge in [-0.3, -0.25) is 4.90 Å². The quantitative estimate of drug-likeness (QED) is 0.830. The lowest BCUT2D eigenvalue weighted by Gasteiger charge is -2.17. The molecule has 1 N–H and O–H groups in total.